The molecule has 0 aliphatic carbocycles. The molecule has 0 bridgehead atoms. The van der Waals surface area contributed by atoms with Gasteiger partial charge in [0, 0.05) is 29.2 Å². The quantitative estimate of drug-likeness (QED) is 0.343. The first-order valence-electron chi connectivity index (χ1n) is 10.1. The van der Waals surface area contributed by atoms with Crippen LogP contribution in [0.1, 0.15) is 0 Å². The number of nitrogens with one attached hydrogen (secondary N) is 1. The van der Waals surface area contributed by atoms with Crippen molar-refractivity contribution in [2.75, 3.05) is 23.4 Å². The molecule has 0 radical (unpaired) electrons. The van der Waals surface area contributed by atoms with Gasteiger partial charge in [0.05, 0.1) is 12.3 Å². The summed E-state index contributed by atoms with van der Waals surface area (Å²) in [6, 6.07) is 10.9. The highest BCUT2D eigenvalue weighted by Gasteiger charge is 2.26. The van der Waals surface area contributed by atoms with Crippen LogP contribution in [0.15, 0.2) is 60.7 Å². The number of aromatic nitrogens is 1. The maximum atomic E-state index is 14.7. The van der Waals surface area contributed by atoms with Gasteiger partial charge in [0.25, 0.3) is 0 Å². The first-order valence-corrected chi connectivity index (χ1v) is 10.1. The molecule has 4 rings (SSSR count). The van der Waals surface area contributed by atoms with Crippen molar-refractivity contribution in [1.29, 1.82) is 0 Å². The summed E-state index contributed by atoms with van der Waals surface area (Å²) in [6.07, 6.45) is 0. The number of pyridine rings is 1. The third-order valence-corrected chi connectivity index (χ3v) is 5.06. The Hall–Kier alpha value is -4.18. The van der Waals surface area contributed by atoms with Crippen LogP contribution in [0.2, 0.25) is 0 Å². The second kappa shape index (κ2) is 9.36. The van der Waals surface area contributed by atoms with Crippen LogP contribution in [0.5, 0.6) is 0 Å². The van der Waals surface area contributed by atoms with Crippen molar-refractivity contribution in [2.24, 2.45) is 5.73 Å². The van der Waals surface area contributed by atoms with Crippen molar-refractivity contribution in [3.05, 3.63) is 83.9 Å². The minimum absolute atomic E-state index is 0.00158. The van der Waals surface area contributed by atoms with Crippen LogP contribution < -0.4 is 16.0 Å². The fourth-order valence-corrected chi connectivity index (χ4v) is 3.60. The summed E-state index contributed by atoms with van der Waals surface area (Å²) in [4.78, 5) is 17.2. The zero-order chi connectivity index (χ0) is 24.4. The topological polar surface area (TPSA) is 91.5 Å². The number of hydrogen-bond acceptors (Lipinski definition) is 4. The summed E-state index contributed by atoms with van der Waals surface area (Å²) in [5, 5.41) is 12.9. The summed E-state index contributed by atoms with van der Waals surface area (Å²) in [6.45, 7) is 0.116. The van der Waals surface area contributed by atoms with Crippen LogP contribution in [0, 0.1) is 23.3 Å². The van der Waals surface area contributed by atoms with Crippen molar-refractivity contribution in [3.8, 4) is 11.3 Å². The number of amides is 2. The lowest BCUT2D eigenvalue weighted by Crippen LogP contribution is -2.33. The third kappa shape index (κ3) is 4.35. The lowest BCUT2D eigenvalue weighted by atomic mass is 10.0. The zero-order valence-corrected chi connectivity index (χ0v) is 17.5. The van der Waals surface area contributed by atoms with E-state index >= 15 is 0 Å². The molecule has 0 saturated carbocycles. The van der Waals surface area contributed by atoms with Crippen molar-refractivity contribution < 1.29 is 27.5 Å². The summed E-state index contributed by atoms with van der Waals surface area (Å²) in [7, 11) is 0. The number of aliphatic hydroxyl groups excluding tert-OH is 1. The number of aliphatic hydroxyl groups is 1. The molecule has 10 heteroatoms. The lowest BCUT2D eigenvalue weighted by Gasteiger charge is -2.22. The number of hydrogen-bond donors (Lipinski definition) is 3. The van der Waals surface area contributed by atoms with Gasteiger partial charge in [-0.1, -0.05) is 12.1 Å². The number of carbonyl (C=O) groups is 1. The molecule has 1 aromatic heterocycles. The van der Waals surface area contributed by atoms with Gasteiger partial charge in [-0.3, -0.25) is 0 Å². The molecule has 4 aromatic rings. The Morgan fingerprint density at radius 3 is 2.35 bits per heavy atom. The van der Waals surface area contributed by atoms with E-state index in [0.717, 1.165) is 24.3 Å². The summed E-state index contributed by atoms with van der Waals surface area (Å²) in [5.74, 6) is -4.12. The average Bonchev–Trinajstić information content (AvgIpc) is 2.79. The fourth-order valence-electron chi connectivity index (χ4n) is 3.60. The Morgan fingerprint density at radius 2 is 1.71 bits per heavy atom. The Balaban J connectivity index is 2.01. The van der Waals surface area contributed by atoms with E-state index in [4.69, 9.17) is 10.8 Å². The lowest BCUT2D eigenvalue weighted by molar-refractivity contribution is 0.255. The average molecular weight is 470 g/mol. The minimum Gasteiger partial charge on any atom is -0.395 e. The van der Waals surface area contributed by atoms with Gasteiger partial charge < -0.3 is 16.2 Å². The molecule has 0 unspecified atom stereocenters. The first-order chi connectivity index (χ1) is 16.3. The number of rotatable bonds is 6. The fraction of sp³-hybridized carbons (Fsp3) is 0.0833. The maximum Gasteiger partial charge on any atom is 0.325 e. The molecule has 6 nitrogen and oxygen atoms in total. The standard InChI is InChI=1S/C24H18F4N4O2/c25-14-4-6-17(20(28)12-14)22-16-7-5-15(30-8-9-33)10-13(16)11-21(31-22)32(24(29)34)23-18(26)2-1-3-19(23)27/h1-7,10-12,30,33H,8-9H2,(H2,29,34). The molecule has 4 N–H and O–H groups in total. The van der Waals surface area contributed by atoms with Crippen molar-refractivity contribution in [3.63, 3.8) is 0 Å². The van der Waals surface area contributed by atoms with E-state index in [1.54, 1.807) is 18.2 Å². The number of fused-ring (bicyclic) bond motifs is 1. The highest BCUT2D eigenvalue weighted by atomic mass is 19.1. The Morgan fingerprint density at radius 1 is 0.971 bits per heavy atom. The molecule has 0 aliphatic rings. The normalized spacial score (nSPS) is 11.0. The van der Waals surface area contributed by atoms with Crippen LogP contribution in [0.4, 0.5) is 39.5 Å². The van der Waals surface area contributed by atoms with E-state index < -0.39 is 35.0 Å². The van der Waals surface area contributed by atoms with E-state index in [1.165, 1.54) is 12.1 Å². The first kappa shape index (κ1) is 23.0. The van der Waals surface area contributed by atoms with Crippen LogP contribution >= 0.6 is 0 Å². The summed E-state index contributed by atoms with van der Waals surface area (Å²) >= 11 is 0. The van der Waals surface area contributed by atoms with Gasteiger partial charge in [0.15, 0.2) is 0 Å². The zero-order valence-electron chi connectivity index (χ0n) is 17.5. The second-order valence-electron chi connectivity index (χ2n) is 7.28. The van der Waals surface area contributed by atoms with E-state index in [9.17, 15) is 22.4 Å². The predicted molar refractivity (Wildman–Crippen MR) is 121 cm³/mol. The van der Waals surface area contributed by atoms with Crippen LogP contribution in [0.25, 0.3) is 22.0 Å². The van der Waals surface area contributed by atoms with Crippen molar-refractivity contribution in [1.82, 2.24) is 4.98 Å². The number of nitrogens with zero attached hydrogens (tertiary/aromatic N) is 2. The summed E-state index contributed by atoms with van der Waals surface area (Å²) in [5.41, 5.74) is 5.20. The molecule has 34 heavy (non-hydrogen) atoms. The van der Waals surface area contributed by atoms with Crippen molar-refractivity contribution in [2.45, 2.75) is 0 Å². The van der Waals surface area contributed by atoms with Gasteiger partial charge >= 0.3 is 6.03 Å². The molecular formula is C24H18F4N4O2. The monoisotopic (exact) mass is 470 g/mol. The van der Waals surface area contributed by atoms with Crippen LogP contribution in [0.3, 0.4) is 0 Å². The van der Waals surface area contributed by atoms with Crippen LogP contribution in [-0.2, 0) is 0 Å². The second-order valence-corrected chi connectivity index (χ2v) is 7.28. The van der Waals surface area contributed by atoms with E-state index in [0.29, 0.717) is 27.4 Å². The third-order valence-electron chi connectivity index (χ3n) is 5.06. The predicted octanol–water partition coefficient (Wildman–Crippen LogP) is 5.08. The molecule has 1 heterocycles. The molecule has 0 spiro atoms. The SMILES string of the molecule is NC(=O)N(c1cc2cc(NCCO)ccc2c(-c2ccc(F)cc2F)n1)c1c(F)cccc1F. The van der Waals surface area contributed by atoms with Gasteiger partial charge in [-0.25, -0.2) is 32.2 Å². The Kier molecular flexibility index (Phi) is 6.33. The Labute approximate surface area is 191 Å². The molecule has 2 amide bonds. The highest BCUT2D eigenvalue weighted by molar-refractivity contribution is 6.03. The number of nitrogens with two attached hydrogens (primary N) is 1. The molecule has 0 saturated heterocycles. The number of urea groups is 1. The van der Waals surface area contributed by atoms with E-state index in [1.807, 2.05) is 0 Å². The number of anilines is 3. The van der Waals surface area contributed by atoms with Gasteiger partial charge in [-0.15, -0.1) is 0 Å². The van der Waals surface area contributed by atoms with Crippen LogP contribution in [-0.4, -0.2) is 29.3 Å². The van der Waals surface area contributed by atoms with Gasteiger partial charge in [-0.2, -0.15) is 0 Å². The highest BCUT2D eigenvalue weighted by Crippen LogP contribution is 2.36. The largest absolute Gasteiger partial charge is 0.395 e. The number of benzene rings is 3. The van der Waals surface area contributed by atoms with Gasteiger partial charge in [0.1, 0.15) is 34.8 Å². The van der Waals surface area contributed by atoms with Gasteiger partial charge in [-0.05, 0) is 47.9 Å². The molecular weight excluding hydrogens is 452 g/mol. The summed E-state index contributed by atoms with van der Waals surface area (Å²) < 4.78 is 57.3. The number of para-hydroxylation sites is 1. The smallest absolute Gasteiger partial charge is 0.325 e. The maximum absolute atomic E-state index is 14.7. The van der Waals surface area contributed by atoms with E-state index in [2.05, 4.69) is 10.3 Å². The molecule has 174 valence electrons. The molecule has 0 aliphatic heterocycles. The molecule has 3 aromatic carbocycles. The number of primary amides is 1. The molecule has 0 atom stereocenters. The Bertz CT molecular complexity index is 1380. The van der Waals surface area contributed by atoms with Gasteiger partial charge in [0.2, 0.25) is 0 Å². The number of carbonyl (C=O) groups excluding carboxylic acids is 1. The minimum atomic E-state index is -1.23. The molecule has 0 fully saturated rings. The number of halogens is 4. The van der Waals surface area contributed by atoms with E-state index in [-0.39, 0.29) is 30.2 Å². The van der Waals surface area contributed by atoms with Crippen molar-refractivity contribution >= 4 is 34.0 Å².